The average Bonchev–Trinajstić information content (AvgIpc) is 3.34. The van der Waals surface area contributed by atoms with E-state index in [1.54, 1.807) is 23.2 Å². The van der Waals surface area contributed by atoms with E-state index in [1.165, 1.54) is 6.92 Å². The van der Waals surface area contributed by atoms with Gasteiger partial charge in [-0.25, -0.2) is 4.98 Å². The molecule has 0 bridgehead atoms. The summed E-state index contributed by atoms with van der Waals surface area (Å²) in [5, 5.41) is 5.53. The van der Waals surface area contributed by atoms with E-state index >= 15 is 0 Å². The number of nitrogens with zero attached hydrogens (tertiary/aromatic N) is 2. The van der Waals surface area contributed by atoms with Crippen molar-refractivity contribution in [1.29, 1.82) is 0 Å². The highest BCUT2D eigenvalue weighted by Crippen LogP contribution is 2.27. The zero-order valence-electron chi connectivity index (χ0n) is 16.9. The Morgan fingerprint density at radius 3 is 2.62 bits per heavy atom. The number of hydrogen-bond donors (Lipinski definition) is 2. The van der Waals surface area contributed by atoms with Gasteiger partial charge >= 0.3 is 0 Å². The number of rotatable bonds is 6. The van der Waals surface area contributed by atoms with Gasteiger partial charge in [0.2, 0.25) is 17.7 Å². The minimum Gasteiger partial charge on any atom is -0.350 e. The molecule has 2 atom stereocenters. The lowest BCUT2D eigenvalue weighted by molar-refractivity contribution is -0.140. The molecule has 0 spiro atoms. The molecule has 1 aromatic carbocycles. The van der Waals surface area contributed by atoms with Crippen molar-refractivity contribution in [3.8, 4) is 10.4 Å². The van der Waals surface area contributed by atoms with E-state index in [0.717, 1.165) is 28.1 Å². The van der Waals surface area contributed by atoms with Crippen LogP contribution in [0.15, 0.2) is 29.8 Å². The summed E-state index contributed by atoms with van der Waals surface area (Å²) in [6, 6.07) is 6.92. The average molecular weight is 415 g/mol. The third kappa shape index (κ3) is 5.00. The van der Waals surface area contributed by atoms with Crippen LogP contribution in [0.25, 0.3) is 10.4 Å². The first kappa shape index (κ1) is 21.0. The third-order valence-corrected chi connectivity index (χ3v) is 6.03. The third-order valence-electron chi connectivity index (χ3n) is 5.06. The Bertz CT molecular complexity index is 894. The van der Waals surface area contributed by atoms with Crippen LogP contribution in [-0.2, 0) is 20.9 Å². The van der Waals surface area contributed by atoms with Gasteiger partial charge in [-0.1, -0.05) is 24.3 Å². The van der Waals surface area contributed by atoms with Crippen LogP contribution in [0, 0.1) is 6.92 Å². The number of aromatic nitrogens is 1. The standard InChI is InChI=1S/C21H26N4O3S/c1-13-19(29-12-23-13)17-8-6-16(7-9-17)11-22-20(27)18-5-4-10-25(18)21(28)14(2)24-15(3)26/h6-9,12,14,18H,4-5,10-11H2,1-3H3,(H,22,27)(H,24,26). The Morgan fingerprint density at radius 2 is 2.00 bits per heavy atom. The molecule has 0 aliphatic carbocycles. The van der Waals surface area contributed by atoms with Crippen molar-refractivity contribution in [3.05, 3.63) is 41.0 Å². The van der Waals surface area contributed by atoms with E-state index in [2.05, 4.69) is 15.6 Å². The van der Waals surface area contributed by atoms with Crippen LogP contribution in [0.4, 0.5) is 0 Å². The number of hydrogen-bond acceptors (Lipinski definition) is 5. The van der Waals surface area contributed by atoms with Crippen LogP contribution < -0.4 is 10.6 Å². The molecule has 1 saturated heterocycles. The molecule has 1 fully saturated rings. The summed E-state index contributed by atoms with van der Waals surface area (Å²) in [6.45, 7) is 5.94. The normalized spacial score (nSPS) is 17.1. The molecule has 0 radical (unpaired) electrons. The maximum atomic E-state index is 12.7. The van der Waals surface area contributed by atoms with Gasteiger partial charge in [0.05, 0.1) is 16.1 Å². The monoisotopic (exact) mass is 414 g/mol. The fraction of sp³-hybridized carbons (Fsp3) is 0.429. The molecule has 3 amide bonds. The van der Waals surface area contributed by atoms with E-state index in [1.807, 2.05) is 36.7 Å². The first-order valence-electron chi connectivity index (χ1n) is 9.71. The quantitative estimate of drug-likeness (QED) is 0.758. The van der Waals surface area contributed by atoms with Crippen molar-refractivity contribution in [3.63, 3.8) is 0 Å². The lowest BCUT2D eigenvalue weighted by atomic mass is 10.1. The van der Waals surface area contributed by atoms with Crippen molar-refractivity contribution < 1.29 is 14.4 Å². The first-order chi connectivity index (χ1) is 13.9. The highest BCUT2D eigenvalue weighted by atomic mass is 32.1. The molecule has 154 valence electrons. The Kier molecular flexibility index (Phi) is 6.64. The Balaban J connectivity index is 1.57. The number of carbonyl (C=O) groups excluding carboxylic acids is 3. The van der Waals surface area contributed by atoms with Gasteiger partial charge < -0.3 is 15.5 Å². The van der Waals surface area contributed by atoms with Gasteiger partial charge in [0.15, 0.2) is 0 Å². The topological polar surface area (TPSA) is 91.4 Å². The molecule has 2 unspecified atom stereocenters. The summed E-state index contributed by atoms with van der Waals surface area (Å²) in [4.78, 5) is 43.5. The number of benzene rings is 1. The molecule has 3 rings (SSSR count). The molecule has 0 saturated carbocycles. The molecule has 7 nitrogen and oxygen atoms in total. The molecular weight excluding hydrogens is 388 g/mol. The number of thiazole rings is 1. The number of amides is 3. The van der Waals surface area contributed by atoms with Crippen LogP contribution in [0.5, 0.6) is 0 Å². The summed E-state index contributed by atoms with van der Waals surface area (Å²) in [5.41, 5.74) is 4.95. The van der Waals surface area contributed by atoms with Crippen LogP contribution in [-0.4, -0.2) is 46.2 Å². The predicted molar refractivity (Wildman–Crippen MR) is 112 cm³/mol. The second-order valence-electron chi connectivity index (χ2n) is 7.29. The molecule has 29 heavy (non-hydrogen) atoms. The van der Waals surface area contributed by atoms with E-state index in [9.17, 15) is 14.4 Å². The number of carbonyl (C=O) groups is 3. The molecule has 2 heterocycles. The summed E-state index contributed by atoms with van der Waals surface area (Å²) < 4.78 is 0. The zero-order chi connectivity index (χ0) is 21.0. The summed E-state index contributed by atoms with van der Waals surface area (Å²) in [5.74, 6) is -0.640. The molecule has 1 aliphatic heterocycles. The fourth-order valence-corrected chi connectivity index (χ4v) is 4.39. The van der Waals surface area contributed by atoms with Gasteiger partial charge in [-0.3, -0.25) is 14.4 Å². The fourth-order valence-electron chi connectivity index (χ4n) is 3.58. The van der Waals surface area contributed by atoms with Crippen molar-refractivity contribution in [2.75, 3.05) is 6.54 Å². The Hall–Kier alpha value is -2.74. The highest BCUT2D eigenvalue weighted by molar-refractivity contribution is 7.13. The van der Waals surface area contributed by atoms with E-state index in [0.29, 0.717) is 19.5 Å². The van der Waals surface area contributed by atoms with E-state index < -0.39 is 12.1 Å². The maximum absolute atomic E-state index is 12.7. The molecule has 1 aliphatic rings. The molecule has 8 heteroatoms. The second-order valence-corrected chi connectivity index (χ2v) is 8.15. The maximum Gasteiger partial charge on any atom is 0.245 e. The largest absolute Gasteiger partial charge is 0.350 e. The van der Waals surface area contributed by atoms with Crippen molar-refractivity contribution in [2.24, 2.45) is 0 Å². The van der Waals surface area contributed by atoms with Crippen LogP contribution in [0.2, 0.25) is 0 Å². The summed E-state index contributed by atoms with van der Waals surface area (Å²) in [6.07, 6.45) is 1.41. The van der Waals surface area contributed by atoms with Gasteiger partial charge in [0, 0.05) is 20.0 Å². The van der Waals surface area contributed by atoms with Crippen molar-refractivity contribution >= 4 is 29.1 Å². The van der Waals surface area contributed by atoms with E-state index in [-0.39, 0.29) is 17.7 Å². The van der Waals surface area contributed by atoms with Crippen molar-refractivity contribution in [2.45, 2.75) is 52.2 Å². The van der Waals surface area contributed by atoms with Crippen LogP contribution in [0.1, 0.15) is 37.9 Å². The van der Waals surface area contributed by atoms with Crippen LogP contribution in [0.3, 0.4) is 0 Å². The van der Waals surface area contributed by atoms with E-state index in [4.69, 9.17) is 0 Å². The number of likely N-dealkylation sites (tertiary alicyclic amines) is 1. The van der Waals surface area contributed by atoms with Gasteiger partial charge in [0.25, 0.3) is 0 Å². The smallest absolute Gasteiger partial charge is 0.245 e. The molecule has 2 N–H and O–H groups in total. The lowest BCUT2D eigenvalue weighted by Gasteiger charge is -2.27. The minimum atomic E-state index is -0.636. The second kappa shape index (κ2) is 9.17. The molecule has 1 aromatic heterocycles. The molecular formula is C21H26N4O3S. The van der Waals surface area contributed by atoms with Gasteiger partial charge in [-0.05, 0) is 37.8 Å². The highest BCUT2D eigenvalue weighted by Gasteiger charge is 2.35. The van der Waals surface area contributed by atoms with Crippen molar-refractivity contribution in [1.82, 2.24) is 20.5 Å². The SMILES string of the molecule is CC(=O)NC(C)C(=O)N1CCCC1C(=O)NCc1ccc(-c2scnc2C)cc1. The lowest BCUT2D eigenvalue weighted by Crippen LogP contribution is -2.52. The number of nitrogens with one attached hydrogen (secondary N) is 2. The summed E-state index contributed by atoms with van der Waals surface area (Å²) in [7, 11) is 0. The van der Waals surface area contributed by atoms with Gasteiger partial charge in [-0.15, -0.1) is 11.3 Å². The number of aryl methyl sites for hydroxylation is 1. The predicted octanol–water partition coefficient (Wildman–Crippen LogP) is 2.25. The van der Waals surface area contributed by atoms with Gasteiger partial charge in [-0.2, -0.15) is 0 Å². The molecule has 2 aromatic rings. The Labute approximate surface area is 174 Å². The van der Waals surface area contributed by atoms with Gasteiger partial charge in [0.1, 0.15) is 12.1 Å². The summed E-state index contributed by atoms with van der Waals surface area (Å²) >= 11 is 1.61. The zero-order valence-corrected chi connectivity index (χ0v) is 17.7. The Morgan fingerprint density at radius 1 is 1.28 bits per heavy atom. The van der Waals surface area contributed by atoms with Crippen LogP contribution >= 0.6 is 11.3 Å². The minimum absolute atomic E-state index is 0.159. The first-order valence-corrected chi connectivity index (χ1v) is 10.6.